The van der Waals surface area contributed by atoms with Crippen LogP contribution < -0.4 is 5.32 Å². The largest absolute Gasteiger partial charge is 0.382 e. The van der Waals surface area contributed by atoms with E-state index in [4.69, 9.17) is 19.5 Å². The van der Waals surface area contributed by atoms with E-state index in [0.29, 0.717) is 25.0 Å². The predicted octanol–water partition coefficient (Wildman–Crippen LogP) is 3.38. The molecule has 156 valence electrons. The van der Waals surface area contributed by atoms with E-state index in [1.165, 1.54) is 5.01 Å². The van der Waals surface area contributed by atoms with E-state index in [9.17, 15) is 0 Å². The van der Waals surface area contributed by atoms with Gasteiger partial charge < -0.3 is 19.7 Å². The molecule has 1 atom stereocenters. The van der Waals surface area contributed by atoms with Crippen molar-refractivity contribution in [1.29, 1.82) is 0 Å². The van der Waals surface area contributed by atoms with Crippen LogP contribution in [0.4, 0.5) is 0 Å². The lowest BCUT2D eigenvalue weighted by Crippen LogP contribution is -2.40. The minimum atomic E-state index is 0. The first-order valence-electron chi connectivity index (χ1n) is 9.68. The number of halogens is 1. The van der Waals surface area contributed by atoms with Gasteiger partial charge in [0.1, 0.15) is 0 Å². The molecular formula is C19H35IN4O2S. The van der Waals surface area contributed by atoms with E-state index in [2.05, 4.69) is 36.4 Å². The van der Waals surface area contributed by atoms with Crippen LogP contribution in [0.15, 0.2) is 10.4 Å². The molecule has 1 unspecified atom stereocenters. The molecule has 0 spiro atoms. The quantitative estimate of drug-likeness (QED) is 0.227. The zero-order valence-electron chi connectivity index (χ0n) is 17.1. The van der Waals surface area contributed by atoms with Gasteiger partial charge in [0, 0.05) is 56.9 Å². The summed E-state index contributed by atoms with van der Waals surface area (Å²) in [7, 11) is 1.70. The van der Waals surface area contributed by atoms with Gasteiger partial charge in [0.25, 0.3) is 0 Å². The summed E-state index contributed by atoms with van der Waals surface area (Å²) in [5.41, 5.74) is 1.16. The summed E-state index contributed by atoms with van der Waals surface area (Å²) < 4.78 is 10.7. The Hall–Kier alpha value is -0.450. The first-order chi connectivity index (χ1) is 12.6. The summed E-state index contributed by atoms with van der Waals surface area (Å²) in [6.07, 6.45) is 2.05. The van der Waals surface area contributed by atoms with Crippen LogP contribution in [-0.2, 0) is 15.9 Å². The summed E-state index contributed by atoms with van der Waals surface area (Å²) >= 11 is 1.75. The Morgan fingerprint density at radius 1 is 1.44 bits per heavy atom. The Morgan fingerprint density at radius 3 is 2.93 bits per heavy atom. The lowest BCUT2D eigenvalue weighted by atomic mass is 10.1. The summed E-state index contributed by atoms with van der Waals surface area (Å²) in [5.74, 6) is 2.09. The van der Waals surface area contributed by atoms with E-state index in [1.54, 1.807) is 18.4 Å². The van der Waals surface area contributed by atoms with Gasteiger partial charge in [-0.05, 0) is 13.3 Å². The molecule has 8 heteroatoms. The molecule has 1 N–H and O–H groups in total. The number of thiazole rings is 1. The zero-order chi connectivity index (χ0) is 18.8. The summed E-state index contributed by atoms with van der Waals surface area (Å²) in [6, 6.07) is 0. The van der Waals surface area contributed by atoms with Crippen molar-refractivity contribution in [3.63, 3.8) is 0 Å². The fourth-order valence-electron chi connectivity index (χ4n) is 2.96. The highest BCUT2D eigenvalue weighted by atomic mass is 127. The number of aliphatic imine (C=N–C) groups is 1. The molecular weight excluding hydrogens is 475 g/mol. The molecule has 2 heterocycles. The number of ether oxygens (including phenoxy) is 2. The number of likely N-dealkylation sites (tertiary alicyclic amines) is 1. The predicted molar refractivity (Wildman–Crippen MR) is 124 cm³/mol. The Balaban J connectivity index is 0.00000364. The van der Waals surface area contributed by atoms with Crippen molar-refractivity contribution in [2.75, 3.05) is 53.1 Å². The molecule has 1 fully saturated rings. The molecule has 0 aliphatic carbocycles. The van der Waals surface area contributed by atoms with Crippen molar-refractivity contribution in [2.24, 2.45) is 10.9 Å². The van der Waals surface area contributed by atoms with E-state index in [1.807, 2.05) is 0 Å². The van der Waals surface area contributed by atoms with Crippen LogP contribution in [0.5, 0.6) is 0 Å². The SMILES string of the molecule is CCNC(=NCCc1csc(C(C)C)n1)N1CCC(COCCOC)C1.I. The summed E-state index contributed by atoms with van der Waals surface area (Å²) in [6.45, 7) is 12.3. The molecule has 1 aliphatic rings. The lowest BCUT2D eigenvalue weighted by Gasteiger charge is -2.21. The molecule has 0 saturated carbocycles. The number of guanidine groups is 1. The van der Waals surface area contributed by atoms with Gasteiger partial charge in [-0.3, -0.25) is 4.99 Å². The maximum atomic E-state index is 5.69. The zero-order valence-corrected chi connectivity index (χ0v) is 20.2. The number of aromatic nitrogens is 1. The molecule has 27 heavy (non-hydrogen) atoms. The normalized spacial score (nSPS) is 17.4. The van der Waals surface area contributed by atoms with Gasteiger partial charge in [0.05, 0.1) is 30.5 Å². The molecule has 1 saturated heterocycles. The highest BCUT2D eigenvalue weighted by Gasteiger charge is 2.24. The standard InChI is InChI=1S/C19H34N4O2S.HI/c1-5-20-19(21-8-6-17-14-26-18(22-17)15(2)3)23-9-7-16(12-23)13-25-11-10-24-4;/h14-16H,5-13H2,1-4H3,(H,20,21);1H. The third kappa shape index (κ3) is 8.62. The van der Waals surface area contributed by atoms with Gasteiger partial charge >= 0.3 is 0 Å². The molecule has 0 amide bonds. The fraction of sp³-hybridized carbons (Fsp3) is 0.789. The van der Waals surface area contributed by atoms with E-state index in [-0.39, 0.29) is 24.0 Å². The van der Waals surface area contributed by atoms with E-state index < -0.39 is 0 Å². The van der Waals surface area contributed by atoms with Gasteiger partial charge in [0.15, 0.2) is 5.96 Å². The second kappa shape index (κ2) is 13.7. The summed E-state index contributed by atoms with van der Waals surface area (Å²) in [4.78, 5) is 11.9. The molecule has 1 aromatic rings. The topological polar surface area (TPSA) is 59.0 Å². The first-order valence-corrected chi connectivity index (χ1v) is 10.6. The highest BCUT2D eigenvalue weighted by molar-refractivity contribution is 14.0. The molecule has 1 aromatic heterocycles. The Bertz CT molecular complexity index is 554. The van der Waals surface area contributed by atoms with E-state index in [0.717, 1.165) is 57.3 Å². The van der Waals surface area contributed by atoms with Crippen LogP contribution in [0.3, 0.4) is 0 Å². The van der Waals surface area contributed by atoms with E-state index >= 15 is 0 Å². The van der Waals surface area contributed by atoms with Crippen LogP contribution in [0, 0.1) is 5.92 Å². The average Bonchev–Trinajstić information content (AvgIpc) is 3.28. The van der Waals surface area contributed by atoms with Crippen molar-refractivity contribution in [2.45, 2.75) is 39.5 Å². The maximum Gasteiger partial charge on any atom is 0.193 e. The fourth-order valence-corrected chi connectivity index (χ4v) is 3.83. The van der Waals surface area contributed by atoms with Crippen molar-refractivity contribution < 1.29 is 9.47 Å². The van der Waals surface area contributed by atoms with Gasteiger partial charge in [-0.2, -0.15) is 0 Å². The molecule has 2 rings (SSSR count). The van der Waals surface area contributed by atoms with Crippen LogP contribution in [0.1, 0.15) is 43.8 Å². The number of nitrogens with one attached hydrogen (secondary N) is 1. The molecule has 6 nitrogen and oxygen atoms in total. The Kier molecular flexibility index (Phi) is 12.5. The van der Waals surface area contributed by atoms with Gasteiger partial charge in [-0.1, -0.05) is 13.8 Å². The average molecular weight is 510 g/mol. The third-order valence-corrected chi connectivity index (χ3v) is 5.59. The second-order valence-electron chi connectivity index (χ2n) is 6.99. The lowest BCUT2D eigenvalue weighted by molar-refractivity contribution is 0.0536. The molecule has 1 aliphatic heterocycles. The summed E-state index contributed by atoms with van der Waals surface area (Å²) in [5, 5.41) is 6.81. The van der Waals surface area contributed by atoms with Gasteiger partial charge in [0.2, 0.25) is 0 Å². The number of rotatable bonds is 10. The van der Waals surface area contributed by atoms with Crippen molar-refractivity contribution in [1.82, 2.24) is 15.2 Å². The van der Waals surface area contributed by atoms with Crippen molar-refractivity contribution >= 4 is 41.3 Å². The number of hydrogen-bond acceptors (Lipinski definition) is 5. The second-order valence-corrected chi connectivity index (χ2v) is 7.88. The number of methoxy groups -OCH3 is 1. The first kappa shape index (κ1) is 24.6. The smallest absolute Gasteiger partial charge is 0.193 e. The monoisotopic (exact) mass is 510 g/mol. The van der Waals surface area contributed by atoms with Crippen LogP contribution in [-0.4, -0.2) is 69.0 Å². The van der Waals surface area contributed by atoms with Gasteiger partial charge in [-0.25, -0.2) is 4.98 Å². The van der Waals surface area contributed by atoms with Crippen molar-refractivity contribution in [3.05, 3.63) is 16.1 Å². The molecule has 0 radical (unpaired) electrons. The molecule has 0 aromatic carbocycles. The Labute approximate surface area is 185 Å². The van der Waals surface area contributed by atoms with Crippen LogP contribution in [0.25, 0.3) is 0 Å². The number of hydrogen-bond donors (Lipinski definition) is 1. The van der Waals surface area contributed by atoms with Crippen LogP contribution >= 0.6 is 35.3 Å². The number of nitrogens with zero attached hydrogens (tertiary/aromatic N) is 3. The molecule has 0 bridgehead atoms. The minimum Gasteiger partial charge on any atom is -0.382 e. The van der Waals surface area contributed by atoms with Crippen molar-refractivity contribution in [3.8, 4) is 0 Å². The Morgan fingerprint density at radius 2 is 2.26 bits per heavy atom. The van der Waals surface area contributed by atoms with Crippen LogP contribution in [0.2, 0.25) is 0 Å². The minimum absolute atomic E-state index is 0. The highest BCUT2D eigenvalue weighted by Crippen LogP contribution is 2.20. The van der Waals surface area contributed by atoms with Gasteiger partial charge in [-0.15, -0.1) is 35.3 Å². The third-order valence-electron chi connectivity index (χ3n) is 4.40. The maximum absolute atomic E-state index is 5.69.